The molecule has 0 aliphatic carbocycles. The van der Waals surface area contributed by atoms with Gasteiger partial charge in [0.1, 0.15) is 18.2 Å². The Hall–Kier alpha value is -2.35. The molecule has 2 atom stereocenters. The molecule has 1 N–H and O–H groups in total. The Morgan fingerprint density at radius 2 is 2.00 bits per heavy atom. The number of anilines is 1. The molecule has 0 bridgehead atoms. The molecule has 1 unspecified atom stereocenters. The van der Waals surface area contributed by atoms with Crippen molar-refractivity contribution in [1.29, 1.82) is 0 Å². The zero-order valence-electron chi connectivity index (χ0n) is 15.8. The highest BCUT2D eigenvalue weighted by Gasteiger charge is 2.34. The number of halogens is 2. The first-order chi connectivity index (χ1) is 14.1. The Labute approximate surface area is 178 Å². The van der Waals surface area contributed by atoms with Crippen LogP contribution in [0.15, 0.2) is 42.5 Å². The number of rotatable bonds is 3. The number of hydrogen-bond acceptors (Lipinski definition) is 5. The number of nitrogens with zero attached hydrogens (tertiary/aromatic N) is 5. The SMILES string of the molecule is CC1=C(c2ncnn2C2CCCCO2)[C@@H](c2ccc(Cl)c(Cl)c2)n2nccc2N1. The van der Waals surface area contributed by atoms with Crippen molar-refractivity contribution in [3.63, 3.8) is 0 Å². The fourth-order valence-electron chi connectivity index (χ4n) is 4.06. The molecule has 9 heteroatoms. The van der Waals surface area contributed by atoms with E-state index < -0.39 is 0 Å². The van der Waals surface area contributed by atoms with Gasteiger partial charge < -0.3 is 10.1 Å². The van der Waals surface area contributed by atoms with Crippen LogP contribution in [0, 0.1) is 0 Å². The van der Waals surface area contributed by atoms with Crippen LogP contribution in [0.25, 0.3) is 5.57 Å². The largest absolute Gasteiger partial charge is 0.356 e. The predicted molar refractivity (Wildman–Crippen MR) is 112 cm³/mol. The summed E-state index contributed by atoms with van der Waals surface area (Å²) in [5.41, 5.74) is 2.93. The maximum absolute atomic E-state index is 6.35. The minimum Gasteiger partial charge on any atom is -0.356 e. The Bertz CT molecular complexity index is 1080. The zero-order valence-corrected chi connectivity index (χ0v) is 17.4. The van der Waals surface area contributed by atoms with Gasteiger partial charge in [-0.25, -0.2) is 14.3 Å². The van der Waals surface area contributed by atoms with Crippen molar-refractivity contribution < 1.29 is 4.74 Å². The van der Waals surface area contributed by atoms with Crippen LogP contribution < -0.4 is 5.32 Å². The summed E-state index contributed by atoms with van der Waals surface area (Å²) < 4.78 is 9.80. The molecule has 2 aromatic heterocycles. The quantitative estimate of drug-likeness (QED) is 0.637. The first kappa shape index (κ1) is 18.7. The van der Waals surface area contributed by atoms with E-state index >= 15 is 0 Å². The van der Waals surface area contributed by atoms with E-state index in [1.165, 1.54) is 0 Å². The molecule has 1 fully saturated rings. The van der Waals surface area contributed by atoms with E-state index in [0.29, 0.717) is 10.0 Å². The molecule has 150 valence electrons. The highest BCUT2D eigenvalue weighted by atomic mass is 35.5. The van der Waals surface area contributed by atoms with Gasteiger partial charge in [-0.05, 0) is 43.9 Å². The molecule has 4 heterocycles. The lowest BCUT2D eigenvalue weighted by Crippen LogP contribution is -2.27. The summed E-state index contributed by atoms with van der Waals surface area (Å²) in [6.07, 6.45) is 6.35. The number of fused-ring (bicyclic) bond motifs is 1. The molecule has 0 amide bonds. The van der Waals surface area contributed by atoms with Crippen LogP contribution in [0.1, 0.15) is 49.8 Å². The smallest absolute Gasteiger partial charge is 0.160 e. The molecule has 0 radical (unpaired) electrons. The first-order valence-electron chi connectivity index (χ1n) is 9.61. The van der Waals surface area contributed by atoms with Gasteiger partial charge in [0.05, 0.1) is 16.2 Å². The normalized spacial score (nSPS) is 21.8. The molecule has 0 spiro atoms. The van der Waals surface area contributed by atoms with Crippen LogP contribution in [0.2, 0.25) is 10.0 Å². The molecule has 2 aliphatic heterocycles. The van der Waals surface area contributed by atoms with Gasteiger partial charge in [0.2, 0.25) is 0 Å². The Kier molecular flexibility index (Phi) is 4.81. The monoisotopic (exact) mass is 430 g/mol. The molecule has 2 aliphatic rings. The standard InChI is InChI=1S/C20H20Cl2N6O/c1-12-18(20-23-11-25-28(20)17-4-2-3-9-29-17)19(27-16(26-12)7-8-24-27)13-5-6-14(21)15(22)10-13/h5-8,10-11,17,19,26H,2-4,9H2,1H3/t17?,19-/m1/s1. The summed E-state index contributed by atoms with van der Waals surface area (Å²) in [6.45, 7) is 2.77. The summed E-state index contributed by atoms with van der Waals surface area (Å²) in [5.74, 6) is 1.67. The maximum Gasteiger partial charge on any atom is 0.160 e. The minimum atomic E-state index is -0.220. The lowest BCUT2D eigenvalue weighted by Gasteiger charge is -2.31. The predicted octanol–water partition coefficient (Wildman–Crippen LogP) is 4.93. The Balaban J connectivity index is 1.66. The molecule has 5 rings (SSSR count). The first-order valence-corrected chi connectivity index (χ1v) is 10.4. The van der Waals surface area contributed by atoms with Crippen LogP contribution >= 0.6 is 23.2 Å². The molecule has 1 saturated heterocycles. The Morgan fingerprint density at radius 3 is 2.79 bits per heavy atom. The topological polar surface area (TPSA) is 69.8 Å². The number of benzene rings is 1. The van der Waals surface area contributed by atoms with E-state index in [1.54, 1.807) is 12.5 Å². The van der Waals surface area contributed by atoms with Gasteiger partial charge in [-0.15, -0.1) is 0 Å². The summed E-state index contributed by atoms with van der Waals surface area (Å²) in [6, 6.07) is 7.39. The van der Waals surface area contributed by atoms with Crippen LogP contribution in [0.5, 0.6) is 0 Å². The van der Waals surface area contributed by atoms with Gasteiger partial charge in [0, 0.05) is 23.9 Å². The van der Waals surface area contributed by atoms with E-state index in [2.05, 4.69) is 20.5 Å². The molecular formula is C20H20Cl2N6O. The average molecular weight is 431 g/mol. The van der Waals surface area contributed by atoms with Crippen molar-refractivity contribution in [3.8, 4) is 0 Å². The van der Waals surface area contributed by atoms with Gasteiger partial charge in [-0.3, -0.25) is 0 Å². The van der Waals surface area contributed by atoms with E-state index in [0.717, 1.165) is 54.3 Å². The number of nitrogens with one attached hydrogen (secondary N) is 1. The van der Waals surface area contributed by atoms with Crippen molar-refractivity contribution >= 4 is 34.6 Å². The second-order valence-corrected chi connectivity index (χ2v) is 8.06. The summed E-state index contributed by atoms with van der Waals surface area (Å²) in [5, 5.41) is 13.5. The van der Waals surface area contributed by atoms with Gasteiger partial charge in [-0.2, -0.15) is 10.2 Å². The molecule has 29 heavy (non-hydrogen) atoms. The number of allylic oxidation sites excluding steroid dienone is 2. The average Bonchev–Trinajstić information content (AvgIpc) is 3.39. The fourth-order valence-corrected chi connectivity index (χ4v) is 4.36. The van der Waals surface area contributed by atoms with Gasteiger partial charge in [-0.1, -0.05) is 29.3 Å². The lowest BCUT2D eigenvalue weighted by molar-refractivity contribution is -0.0402. The molecule has 1 aromatic carbocycles. The van der Waals surface area contributed by atoms with E-state index in [9.17, 15) is 0 Å². The number of ether oxygens (including phenoxy) is 1. The molecular weight excluding hydrogens is 411 g/mol. The van der Waals surface area contributed by atoms with Crippen molar-refractivity contribution in [2.45, 2.75) is 38.5 Å². The van der Waals surface area contributed by atoms with Crippen molar-refractivity contribution in [2.75, 3.05) is 11.9 Å². The minimum absolute atomic E-state index is 0.116. The highest BCUT2D eigenvalue weighted by molar-refractivity contribution is 6.42. The van der Waals surface area contributed by atoms with Gasteiger partial charge in [0.15, 0.2) is 12.1 Å². The third-order valence-corrected chi connectivity index (χ3v) is 6.15. The maximum atomic E-state index is 6.35. The summed E-state index contributed by atoms with van der Waals surface area (Å²) in [4.78, 5) is 4.61. The summed E-state index contributed by atoms with van der Waals surface area (Å²) in [7, 11) is 0. The van der Waals surface area contributed by atoms with E-state index in [-0.39, 0.29) is 12.3 Å². The van der Waals surface area contributed by atoms with E-state index in [4.69, 9.17) is 27.9 Å². The van der Waals surface area contributed by atoms with E-state index in [1.807, 2.05) is 40.6 Å². The molecule has 0 saturated carbocycles. The van der Waals surface area contributed by atoms with Crippen LogP contribution in [0.3, 0.4) is 0 Å². The highest BCUT2D eigenvalue weighted by Crippen LogP contribution is 2.42. The zero-order chi connectivity index (χ0) is 20.0. The fraction of sp³-hybridized carbons (Fsp3) is 0.350. The number of hydrogen-bond donors (Lipinski definition) is 1. The second-order valence-electron chi connectivity index (χ2n) is 7.25. The lowest BCUT2D eigenvalue weighted by atomic mass is 9.94. The van der Waals surface area contributed by atoms with Gasteiger partial charge >= 0.3 is 0 Å². The van der Waals surface area contributed by atoms with Crippen LogP contribution in [-0.2, 0) is 4.74 Å². The van der Waals surface area contributed by atoms with Crippen molar-refractivity contribution in [3.05, 3.63) is 63.9 Å². The second kappa shape index (κ2) is 7.48. The molecule has 3 aromatic rings. The van der Waals surface area contributed by atoms with Crippen molar-refractivity contribution in [2.24, 2.45) is 0 Å². The summed E-state index contributed by atoms with van der Waals surface area (Å²) >= 11 is 12.5. The third kappa shape index (κ3) is 3.23. The van der Waals surface area contributed by atoms with Crippen LogP contribution in [0.4, 0.5) is 5.82 Å². The third-order valence-electron chi connectivity index (χ3n) is 5.41. The Morgan fingerprint density at radius 1 is 1.10 bits per heavy atom. The van der Waals surface area contributed by atoms with Crippen molar-refractivity contribution in [1.82, 2.24) is 24.5 Å². The molecule has 7 nitrogen and oxygen atoms in total. The van der Waals surface area contributed by atoms with Gasteiger partial charge in [0.25, 0.3) is 0 Å². The number of aromatic nitrogens is 5. The van der Waals surface area contributed by atoms with Crippen LogP contribution in [-0.4, -0.2) is 31.2 Å².